The number of benzene rings is 2. The minimum atomic E-state index is 0.587. The largest absolute Gasteiger partial charge is 0.396 e. The van der Waals surface area contributed by atoms with Crippen LogP contribution in [-0.2, 0) is 0 Å². The molecular weight excluding hydrogens is 244 g/mol. The van der Waals surface area contributed by atoms with E-state index >= 15 is 0 Å². The zero-order chi connectivity index (χ0) is 13.3. The highest BCUT2D eigenvalue weighted by Gasteiger charge is 2.10. The summed E-state index contributed by atoms with van der Waals surface area (Å²) < 4.78 is 0. The van der Waals surface area contributed by atoms with E-state index in [1.165, 1.54) is 11.1 Å². The smallest absolute Gasteiger partial charge is 0.0744 e. The Morgan fingerprint density at radius 3 is 2.28 bits per heavy atom. The zero-order valence-electron chi connectivity index (χ0n) is 10.9. The third-order valence-electron chi connectivity index (χ3n) is 2.99. The maximum Gasteiger partial charge on any atom is 0.0744 e. The van der Waals surface area contributed by atoms with Crippen molar-refractivity contribution in [2.75, 3.05) is 17.7 Å². The number of nitrogen functional groups attached to an aromatic ring is 1. The highest BCUT2D eigenvalue weighted by molar-refractivity contribution is 6.33. The van der Waals surface area contributed by atoms with E-state index in [1.54, 1.807) is 6.07 Å². The summed E-state index contributed by atoms with van der Waals surface area (Å²) in [4.78, 5) is 2.06. The first-order chi connectivity index (χ1) is 8.49. The predicted molar refractivity (Wildman–Crippen MR) is 79.8 cm³/mol. The molecule has 0 saturated carbocycles. The second kappa shape index (κ2) is 4.91. The number of rotatable bonds is 2. The molecule has 0 fully saturated rings. The monoisotopic (exact) mass is 260 g/mol. The Labute approximate surface area is 113 Å². The highest BCUT2D eigenvalue weighted by Crippen LogP contribution is 2.34. The first-order valence-corrected chi connectivity index (χ1v) is 6.23. The van der Waals surface area contributed by atoms with Crippen LogP contribution in [0, 0.1) is 13.8 Å². The van der Waals surface area contributed by atoms with E-state index < -0.39 is 0 Å². The first kappa shape index (κ1) is 12.8. The summed E-state index contributed by atoms with van der Waals surface area (Å²) in [7, 11) is 2.00. The molecule has 18 heavy (non-hydrogen) atoms. The van der Waals surface area contributed by atoms with Gasteiger partial charge in [0.1, 0.15) is 0 Å². The van der Waals surface area contributed by atoms with Gasteiger partial charge in [0.25, 0.3) is 0 Å². The summed E-state index contributed by atoms with van der Waals surface area (Å²) in [6.07, 6.45) is 0. The van der Waals surface area contributed by atoms with Crippen LogP contribution in [0.2, 0.25) is 5.02 Å². The fraction of sp³-hybridized carbons (Fsp3) is 0.200. The molecular formula is C15H17ClN2. The second-order valence-corrected chi connectivity index (χ2v) is 4.98. The van der Waals surface area contributed by atoms with Crippen molar-refractivity contribution >= 4 is 28.7 Å². The topological polar surface area (TPSA) is 29.3 Å². The van der Waals surface area contributed by atoms with E-state index in [2.05, 4.69) is 36.9 Å². The lowest BCUT2D eigenvalue weighted by Gasteiger charge is -2.22. The van der Waals surface area contributed by atoms with Gasteiger partial charge in [0, 0.05) is 12.7 Å². The summed E-state index contributed by atoms with van der Waals surface area (Å²) in [5.41, 5.74) is 11.1. The number of hydrogen-bond donors (Lipinski definition) is 1. The van der Waals surface area contributed by atoms with Gasteiger partial charge in [-0.2, -0.15) is 0 Å². The number of hydrogen-bond acceptors (Lipinski definition) is 2. The number of anilines is 3. The fourth-order valence-electron chi connectivity index (χ4n) is 2.10. The van der Waals surface area contributed by atoms with Crippen molar-refractivity contribution in [3.63, 3.8) is 0 Å². The number of aryl methyl sites for hydroxylation is 2. The van der Waals surface area contributed by atoms with E-state index in [1.807, 2.05) is 19.2 Å². The summed E-state index contributed by atoms with van der Waals surface area (Å²) in [5, 5.41) is 0.587. The number of para-hydroxylation sites is 1. The van der Waals surface area contributed by atoms with E-state index in [0.717, 1.165) is 11.4 Å². The molecule has 0 aliphatic carbocycles. The van der Waals surface area contributed by atoms with Crippen LogP contribution in [0.25, 0.3) is 0 Å². The lowest BCUT2D eigenvalue weighted by atomic mass is 10.1. The van der Waals surface area contributed by atoms with Crippen molar-refractivity contribution in [1.82, 2.24) is 0 Å². The van der Waals surface area contributed by atoms with Crippen molar-refractivity contribution < 1.29 is 0 Å². The molecule has 0 saturated heterocycles. The van der Waals surface area contributed by atoms with Crippen LogP contribution in [0.4, 0.5) is 17.1 Å². The third-order valence-corrected chi connectivity index (χ3v) is 3.31. The molecule has 2 rings (SSSR count). The van der Waals surface area contributed by atoms with Gasteiger partial charge in [0.05, 0.1) is 16.4 Å². The van der Waals surface area contributed by atoms with E-state index in [4.69, 9.17) is 17.3 Å². The van der Waals surface area contributed by atoms with Crippen molar-refractivity contribution in [2.45, 2.75) is 13.8 Å². The number of halogens is 1. The van der Waals surface area contributed by atoms with Gasteiger partial charge in [-0.15, -0.1) is 0 Å². The molecule has 94 valence electrons. The highest BCUT2D eigenvalue weighted by atomic mass is 35.5. The quantitative estimate of drug-likeness (QED) is 0.816. The van der Waals surface area contributed by atoms with Gasteiger partial charge in [-0.25, -0.2) is 0 Å². The molecule has 0 aromatic heterocycles. The van der Waals surface area contributed by atoms with Gasteiger partial charge < -0.3 is 10.6 Å². The third kappa shape index (κ3) is 2.44. The van der Waals surface area contributed by atoms with Crippen LogP contribution in [0.15, 0.2) is 36.4 Å². The molecule has 0 aliphatic rings. The number of nitrogens with two attached hydrogens (primary N) is 1. The Morgan fingerprint density at radius 1 is 1.06 bits per heavy atom. The van der Waals surface area contributed by atoms with E-state index in [0.29, 0.717) is 10.7 Å². The molecule has 2 aromatic rings. The SMILES string of the molecule is Cc1cc(C)cc(N(C)c2cccc(Cl)c2N)c1. The van der Waals surface area contributed by atoms with Gasteiger partial charge >= 0.3 is 0 Å². The Balaban J connectivity index is 2.47. The van der Waals surface area contributed by atoms with Gasteiger partial charge in [0.2, 0.25) is 0 Å². The van der Waals surface area contributed by atoms with Crippen molar-refractivity contribution in [1.29, 1.82) is 0 Å². The van der Waals surface area contributed by atoms with Crippen LogP contribution in [-0.4, -0.2) is 7.05 Å². The summed E-state index contributed by atoms with van der Waals surface area (Å²) in [6, 6.07) is 12.1. The molecule has 0 unspecified atom stereocenters. The molecule has 3 heteroatoms. The molecule has 0 amide bonds. The molecule has 2 aromatic carbocycles. The van der Waals surface area contributed by atoms with E-state index in [-0.39, 0.29) is 0 Å². The van der Waals surface area contributed by atoms with Gasteiger partial charge in [0.15, 0.2) is 0 Å². The normalized spacial score (nSPS) is 10.4. The first-order valence-electron chi connectivity index (χ1n) is 5.85. The van der Waals surface area contributed by atoms with Gasteiger partial charge in [-0.1, -0.05) is 23.7 Å². The van der Waals surface area contributed by atoms with Gasteiger partial charge in [-0.05, 0) is 49.2 Å². The van der Waals surface area contributed by atoms with E-state index in [9.17, 15) is 0 Å². The minimum absolute atomic E-state index is 0.587. The Hall–Kier alpha value is -1.67. The van der Waals surface area contributed by atoms with Crippen LogP contribution in [0.1, 0.15) is 11.1 Å². The molecule has 0 spiro atoms. The van der Waals surface area contributed by atoms with Crippen molar-refractivity contribution in [3.05, 3.63) is 52.5 Å². The molecule has 0 bridgehead atoms. The van der Waals surface area contributed by atoms with Crippen LogP contribution >= 0.6 is 11.6 Å². The van der Waals surface area contributed by atoms with Gasteiger partial charge in [-0.3, -0.25) is 0 Å². The minimum Gasteiger partial charge on any atom is -0.396 e. The summed E-state index contributed by atoms with van der Waals surface area (Å²) in [5.74, 6) is 0. The molecule has 0 atom stereocenters. The molecule has 2 N–H and O–H groups in total. The Morgan fingerprint density at radius 2 is 1.67 bits per heavy atom. The number of nitrogens with zero attached hydrogens (tertiary/aromatic N) is 1. The average molecular weight is 261 g/mol. The Kier molecular flexibility index (Phi) is 3.48. The average Bonchev–Trinajstić information content (AvgIpc) is 2.30. The van der Waals surface area contributed by atoms with Crippen LogP contribution in [0.3, 0.4) is 0 Å². The standard InChI is InChI=1S/C15H17ClN2/c1-10-7-11(2)9-12(8-10)18(3)14-6-4-5-13(16)15(14)17/h4-9H,17H2,1-3H3. The molecule has 0 heterocycles. The lowest BCUT2D eigenvalue weighted by Crippen LogP contribution is -2.12. The van der Waals surface area contributed by atoms with Crippen LogP contribution < -0.4 is 10.6 Å². The maximum atomic E-state index is 6.06. The lowest BCUT2D eigenvalue weighted by molar-refractivity contribution is 1.19. The molecule has 2 nitrogen and oxygen atoms in total. The second-order valence-electron chi connectivity index (χ2n) is 4.58. The van der Waals surface area contributed by atoms with Crippen LogP contribution in [0.5, 0.6) is 0 Å². The maximum absolute atomic E-state index is 6.06. The fourth-order valence-corrected chi connectivity index (χ4v) is 2.27. The van der Waals surface area contributed by atoms with Crippen molar-refractivity contribution in [3.8, 4) is 0 Å². The molecule has 0 radical (unpaired) electrons. The Bertz CT molecular complexity index is 558. The van der Waals surface area contributed by atoms with Crippen molar-refractivity contribution in [2.24, 2.45) is 0 Å². The summed E-state index contributed by atoms with van der Waals surface area (Å²) in [6.45, 7) is 4.18. The molecule has 0 aliphatic heterocycles. The summed E-state index contributed by atoms with van der Waals surface area (Å²) >= 11 is 6.06. The zero-order valence-corrected chi connectivity index (χ0v) is 11.6. The predicted octanol–water partition coefficient (Wildman–Crippen LogP) is 4.31.